The molecule has 0 aliphatic rings. The molecule has 2 nitrogen and oxygen atoms in total. The Kier molecular flexibility index (Phi) is 3.00. The Morgan fingerprint density at radius 3 is 2.43 bits per heavy atom. The second-order valence-electron chi connectivity index (χ2n) is 2.99. The molecular formula is C9H11F3N2. The van der Waals surface area contributed by atoms with Crippen molar-refractivity contribution in [1.29, 1.82) is 0 Å². The molecule has 0 aliphatic carbocycles. The van der Waals surface area contributed by atoms with E-state index in [4.69, 9.17) is 5.73 Å². The van der Waals surface area contributed by atoms with Gasteiger partial charge in [0.25, 0.3) is 0 Å². The maximum absolute atomic E-state index is 12.3. The summed E-state index contributed by atoms with van der Waals surface area (Å²) in [6.07, 6.45) is -4.34. The van der Waals surface area contributed by atoms with Gasteiger partial charge in [0, 0.05) is 12.2 Å². The maximum atomic E-state index is 12.3. The van der Waals surface area contributed by atoms with Crippen molar-refractivity contribution in [3.63, 3.8) is 0 Å². The van der Waals surface area contributed by atoms with Crippen LogP contribution in [0.2, 0.25) is 0 Å². The van der Waals surface area contributed by atoms with E-state index in [9.17, 15) is 13.2 Å². The van der Waals surface area contributed by atoms with Crippen LogP contribution in [0.5, 0.6) is 0 Å². The highest BCUT2D eigenvalue weighted by atomic mass is 19.4. The van der Waals surface area contributed by atoms with Gasteiger partial charge in [-0.2, -0.15) is 13.2 Å². The standard InChI is InChI=1S/C9H11F3N2/c1-14-5-6-2-7(9(10,11)12)4-8(13)3-6/h2-4,14H,5,13H2,1H3. The molecule has 5 heteroatoms. The van der Waals surface area contributed by atoms with Gasteiger partial charge in [-0.1, -0.05) is 0 Å². The minimum atomic E-state index is -4.34. The van der Waals surface area contributed by atoms with Crippen LogP contribution in [0.3, 0.4) is 0 Å². The van der Waals surface area contributed by atoms with Crippen LogP contribution in [-0.4, -0.2) is 7.05 Å². The molecule has 0 amide bonds. The molecule has 0 atom stereocenters. The molecule has 1 aromatic rings. The zero-order valence-electron chi connectivity index (χ0n) is 7.65. The van der Waals surface area contributed by atoms with Gasteiger partial charge in [-0.05, 0) is 30.8 Å². The van der Waals surface area contributed by atoms with Gasteiger partial charge in [0.05, 0.1) is 5.56 Å². The van der Waals surface area contributed by atoms with Crippen LogP contribution in [0.4, 0.5) is 18.9 Å². The first-order chi connectivity index (χ1) is 6.43. The fourth-order valence-corrected chi connectivity index (χ4v) is 1.19. The highest BCUT2D eigenvalue weighted by molar-refractivity contribution is 5.45. The van der Waals surface area contributed by atoms with E-state index < -0.39 is 11.7 Å². The zero-order valence-corrected chi connectivity index (χ0v) is 7.65. The summed E-state index contributed by atoms with van der Waals surface area (Å²) in [5.74, 6) is 0. The van der Waals surface area contributed by atoms with Gasteiger partial charge in [-0.25, -0.2) is 0 Å². The van der Waals surface area contributed by atoms with E-state index in [2.05, 4.69) is 5.32 Å². The second kappa shape index (κ2) is 3.88. The molecular weight excluding hydrogens is 193 g/mol. The third-order valence-electron chi connectivity index (χ3n) is 1.72. The highest BCUT2D eigenvalue weighted by Gasteiger charge is 2.30. The van der Waals surface area contributed by atoms with Gasteiger partial charge in [0.1, 0.15) is 0 Å². The topological polar surface area (TPSA) is 38.0 Å². The minimum Gasteiger partial charge on any atom is -0.399 e. The van der Waals surface area contributed by atoms with Gasteiger partial charge < -0.3 is 11.1 Å². The van der Waals surface area contributed by atoms with Crippen molar-refractivity contribution in [1.82, 2.24) is 5.32 Å². The highest BCUT2D eigenvalue weighted by Crippen LogP contribution is 2.31. The molecule has 0 radical (unpaired) electrons. The van der Waals surface area contributed by atoms with Gasteiger partial charge in [-0.3, -0.25) is 0 Å². The van der Waals surface area contributed by atoms with Crippen LogP contribution in [0.25, 0.3) is 0 Å². The van der Waals surface area contributed by atoms with Gasteiger partial charge >= 0.3 is 6.18 Å². The molecule has 0 aromatic heterocycles. The molecule has 0 bridgehead atoms. The molecule has 0 heterocycles. The Bertz CT molecular complexity index is 320. The lowest BCUT2D eigenvalue weighted by atomic mass is 10.1. The number of alkyl halides is 3. The molecule has 0 unspecified atom stereocenters. The Morgan fingerprint density at radius 2 is 1.93 bits per heavy atom. The predicted octanol–water partition coefficient (Wildman–Crippen LogP) is 2.01. The molecule has 1 rings (SSSR count). The van der Waals surface area contributed by atoms with Crippen molar-refractivity contribution in [3.8, 4) is 0 Å². The molecule has 0 saturated carbocycles. The summed E-state index contributed by atoms with van der Waals surface area (Å²) in [5, 5.41) is 2.77. The van der Waals surface area contributed by atoms with Crippen LogP contribution in [0, 0.1) is 0 Å². The lowest BCUT2D eigenvalue weighted by Crippen LogP contribution is -2.10. The number of hydrogen-bond donors (Lipinski definition) is 2. The van der Waals surface area contributed by atoms with E-state index in [1.807, 2.05) is 0 Å². The first-order valence-corrected chi connectivity index (χ1v) is 4.04. The number of nitrogens with one attached hydrogen (secondary N) is 1. The minimum absolute atomic E-state index is 0.130. The van der Waals surface area contributed by atoms with Crippen molar-refractivity contribution in [2.45, 2.75) is 12.7 Å². The fourth-order valence-electron chi connectivity index (χ4n) is 1.19. The first kappa shape index (κ1) is 10.8. The lowest BCUT2D eigenvalue weighted by molar-refractivity contribution is -0.137. The van der Waals surface area contributed by atoms with Crippen LogP contribution >= 0.6 is 0 Å². The smallest absolute Gasteiger partial charge is 0.399 e. The van der Waals surface area contributed by atoms with Crippen LogP contribution in [0.15, 0.2) is 18.2 Å². The Hall–Kier alpha value is -1.23. The van der Waals surface area contributed by atoms with E-state index in [1.165, 1.54) is 6.07 Å². The van der Waals surface area contributed by atoms with Crippen LogP contribution in [-0.2, 0) is 12.7 Å². The number of nitrogens with two attached hydrogens (primary N) is 1. The summed E-state index contributed by atoms with van der Waals surface area (Å²) in [7, 11) is 1.66. The monoisotopic (exact) mass is 204 g/mol. The van der Waals surface area contributed by atoms with Crippen LogP contribution in [0.1, 0.15) is 11.1 Å². The second-order valence-corrected chi connectivity index (χ2v) is 2.99. The Labute approximate surface area is 79.9 Å². The quantitative estimate of drug-likeness (QED) is 0.723. The lowest BCUT2D eigenvalue weighted by Gasteiger charge is -2.10. The average molecular weight is 204 g/mol. The molecule has 0 aliphatic heterocycles. The fraction of sp³-hybridized carbons (Fsp3) is 0.333. The van der Waals surface area contributed by atoms with E-state index in [0.717, 1.165) is 12.1 Å². The molecule has 0 saturated heterocycles. The number of nitrogen functional groups attached to an aromatic ring is 1. The number of benzene rings is 1. The van der Waals surface area contributed by atoms with Crippen molar-refractivity contribution in [3.05, 3.63) is 29.3 Å². The molecule has 0 fully saturated rings. The third-order valence-corrected chi connectivity index (χ3v) is 1.72. The summed E-state index contributed by atoms with van der Waals surface area (Å²) in [5.41, 5.74) is 5.31. The van der Waals surface area contributed by atoms with Gasteiger partial charge in [0.15, 0.2) is 0 Å². The number of hydrogen-bond acceptors (Lipinski definition) is 2. The van der Waals surface area contributed by atoms with Crippen molar-refractivity contribution < 1.29 is 13.2 Å². The van der Waals surface area contributed by atoms with E-state index in [-0.39, 0.29) is 5.69 Å². The SMILES string of the molecule is CNCc1cc(N)cc(C(F)(F)F)c1. The zero-order chi connectivity index (χ0) is 10.8. The molecule has 14 heavy (non-hydrogen) atoms. The van der Waals surface area contributed by atoms with Crippen LogP contribution < -0.4 is 11.1 Å². The third kappa shape index (κ3) is 2.63. The normalized spacial score (nSPS) is 11.7. The number of rotatable bonds is 2. The maximum Gasteiger partial charge on any atom is 0.416 e. The summed E-state index contributed by atoms with van der Waals surface area (Å²) in [6.45, 7) is 0.369. The number of anilines is 1. The van der Waals surface area contributed by atoms with E-state index in [0.29, 0.717) is 12.1 Å². The molecule has 78 valence electrons. The van der Waals surface area contributed by atoms with Gasteiger partial charge in [-0.15, -0.1) is 0 Å². The predicted molar refractivity (Wildman–Crippen MR) is 48.6 cm³/mol. The largest absolute Gasteiger partial charge is 0.416 e. The Balaban J connectivity index is 3.07. The van der Waals surface area contributed by atoms with Gasteiger partial charge in [0.2, 0.25) is 0 Å². The molecule has 3 N–H and O–H groups in total. The summed E-state index contributed by atoms with van der Waals surface area (Å²) in [6, 6.07) is 3.54. The Morgan fingerprint density at radius 1 is 1.29 bits per heavy atom. The first-order valence-electron chi connectivity index (χ1n) is 4.04. The molecule has 0 spiro atoms. The summed E-state index contributed by atoms with van der Waals surface area (Å²) in [4.78, 5) is 0. The van der Waals surface area contributed by atoms with Crippen molar-refractivity contribution in [2.24, 2.45) is 0 Å². The van der Waals surface area contributed by atoms with Crippen molar-refractivity contribution in [2.75, 3.05) is 12.8 Å². The summed E-state index contributed by atoms with van der Waals surface area (Å²) < 4.78 is 36.9. The number of halogens is 3. The summed E-state index contributed by atoms with van der Waals surface area (Å²) >= 11 is 0. The van der Waals surface area contributed by atoms with Crippen molar-refractivity contribution >= 4 is 5.69 Å². The van der Waals surface area contributed by atoms with E-state index >= 15 is 0 Å². The molecule has 1 aromatic carbocycles. The average Bonchev–Trinajstić information content (AvgIpc) is 2.02. The van der Waals surface area contributed by atoms with E-state index in [1.54, 1.807) is 7.05 Å².